The van der Waals surface area contributed by atoms with Crippen molar-refractivity contribution in [2.75, 3.05) is 20.2 Å². The quantitative estimate of drug-likeness (QED) is 0.909. The Kier molecular flexibility index (Phi) is 4.74. The minimum Gasteiger partial charge on any atom is -0.481 e. The average Bonchev–Trinajstić information content (AvgIpc) is 2.49. The summed E-state index contributed by atoms with van der Waals surface area (Å²) in [6.45, 7) is 0.857. The fourth-order valence-corrected chi connectivity index (χ4v) is 2.55. The zero-order chi connectivity index (χ0) is 14.5. The van der Waals surface area contributed by atoms with Gasteiger partial charge in [-0.05, 0) is 18.4 Å². The fraction of sp³-hybridized carbons (Fsp3) is 0.467. The molecular formula is C15H19NO4. The van der Waals surface area contributed by atoms with Crippen LogP contribution in [0.1, 0.15) is 24.5 Å². The van der Waals surface area contributed by atoms with Gasteiger partial charge in [-0.3, -0.25) is 9.59 Å². The lowest BCUT2D eigenvalue weighted by molar-refractivity contribution is -0.149. The molecule has 1 aliphatic rings. The predicted molar refractivity (Wildman–Crippen MR) is 73.1 cm³/mol. The third-order valence-electron chi connectivity index (χ3n) is 3.64. The first-order chi connectivity index (χ1) is 9.63. The molecule has 0 aromatic heterocycles. The third-order valence-corrected chi connectivity index (χ3v) is 3.64. The van der Waals surface area contributed by atoms with E-state index in [2.05, 4.69) is 0 Å². The van der Waals surface area contributed by atoms with E-state index in [1.807, 2.05) is 30.3 Å². The lowest BCUT2D eigenvalue weighted by atomic mass is 9.97. The second-order valence-electron chi connectivity index (χ2n) is 4.99. The molecule has 1 amide bonds. The number of aliphatic carboxylic acids is 1. The highest BCUT2D eigenvalue weighted by Gasteiger charge is 2.32. The molecule has 0 aliphatic carbocycles. The van der Waals surface area contributed by atoms with E-state index in [0.717, 1.165) is 5.56 Å². The monoisotopic (exact) mass is 277 g/mol. The van der Waals surface area contributed by atoms with Crippen LogP contribution in [0.2, 0.25) is 0 Å². The molecule has 2 rings (SSSR count). The van der Waals surface area contributed by atoms with Crippen molar-refractivity contribution in [2.45, 2.75) is 18.9 Å². The standard InChI is InChI=1S/C15H19NO4/c1-20-13(11-6-3-2-4-7-11)14(17)16-9-5-8-12(10-16)15(18)19/h2-4,6-7,12-13H,5,8-10H2,1H3,(H,18,19)/t12-,13?/m0/s1. The molecule has 0 radical (unpaired) electrons. The van der Waals surface area contributed by atoms with Gasteiger partial charge in [0.2, 0.25) is 0 Å². The highest BCUT2D eigenvalue weighted by Crippen LogP contribution is 2.23. The molecule has 0 saturated carbocycles. The van der Waals surface area contributed by atoms with Gasteiger partial charge < -0.3 is 14.7 Å². The molecule has 1 aromatic rings. The molecule has 1 saturated heterocycles. The van der Waals surface area contributed by atoms with Crippen LogP contribution in [0.25, 0.3) is 0 Å². The number of carbonyl (C=O) groups excluding carboxylic acids is 1. The Bertz CT molecular complexity index is 474. The first-order valence-corrected chi connectivity index (χ1v) is 6.73. The smallest absolute Gasteiger partial charge is 0.308 e. The summed E-state index contributed by atoms with van der Waals surface area (Å²) in [6.07, 6.45) is 0.680. The number of benzene rings is 1. The molecule has 1 aliphatic heterocycles. The number of hydrogen-bond acceptors (Lipinski definition) is 3. The number of ether oxygens (including phenoxy) is 1. The van der Waals surface area contributed by atoms with E-state index >= 15 is 0 Å². The van der Waals surface area contributed by atoms with E-state index in [4.69, 9.17) is 9.84 Å². The van der Waals surface area contributed by atoms with Gasteiger partial charge in [-0.2, -0.15) is 0 Å². The topological polar surface area (TPSA) is 66.8 Å². The van der Waals surface area contributed by atoms with Gasteiger partial charge in [0.25, 0.3) is 5.91 Å². The molecule has 1 fully saturated rings. The van der Waals surface area contributed by atoms with Crippen molar-refractivity contribution in [3.63, 3.8) is 0 Å². The largest absolute Gasteiger partial charge is 0.481 e. The van der Waals surface area contributed by atoms with Crippen LogP contribution in [0.4, 0.5) is 0 Å². The van der Waals surface area contributed by atoms with Gasteiger partial charge in [0.05, 0.1) is 5.92 Å². The van der Waals surface area contributed by atoms with Crippen molar-refractivity contribution in [1.29, 1.82) is 0 Å². The summed E-state index contributed by atoms with van der Waals surface area (Å²) in [5, 5.41) is 9.08. The second kappa shape index (κ2) is 6.52. The maximum absolute atomic E-state index is 12.5. The summed E-state index contributed by atoms with van der Waals surface area (Å²) in [5.74, 6) is -1.47. The lowest BCUT2D eigenvalue weighted by Crippen LogP contribution is -2.44. The zero-order valence-electron chi connectivity index (χ0n) is 11.5. The number of rotatable bonds is 4. The number of amides is 1. The molecule has 1 unspecified atom stereocenters. The Balaban J connectivity index is 2.11. The summed E-state index contributed by atoms with van der Waals surface area (Å²) in [6, 6.07) is 9.26. The van der Waals surface area contributed by atoms with E-state index in [-0.39, 0.29) is 12.5 Å². The van der Waals surface area contributed by atoms with E-state index < -0.39 is 18.0 Å². The van der Waals surface area contributed by atoms with Crippen molar-refractivity contribution in [3.8, 4) is 0 Å². The van der Waals surface area contributed by atoms with Gasteiger partial charge in [-0.1, -0.05) is 30.3 Å². The maximum atomic E-state index is 12.5. The molecular weight excluding hydrogens is 258 g/mol. The van der Waals surface area contributed by atoms with E-state index in [0.29, 0.717) is 19.4 Å². The number of carboxylic acid groups (broad SMARTS) is 1. The molecule has 5 nitrogen and oxygen atoms in total. The number of piperidine rings is 1. The SMILES string of the molecule is COC(C(=O)N1CCC[C@H](C(=O)O)C1)c1ccccc1. The van der Waals surface area contributed by atoms with Crippen LogP contribution >= 0.6 is 0 Å². The van der Waals surface area contributed by atoms with E-state index in [1.54, 1.807) is 4.90 Å². The second-order valence-corrected chi connectivity index (χ2v) is 4.99. The number of carbonyl (C=O) groups is 2. The molecule has 0 bridgehead atoms. The Hall–Kier alpha value is -1.88. The van der Waals surface area contributed by atoms with Gasteiger partial charge in [-0.25, -0.2) is 0 Å². The summed E-state index contributed by atoms with van der Waals surface area (Å²) in [7, 11) is 1.49. The van der Waals surface area contributed by atoms with Gasteiger partial charge >= 0.3 is 5.97 Å². The molecule has 20 heavy (non-hydrogen) atoms. The number of methoxy groups -OCH3 is 1. The zero-order valence-corrected chi connectivity index (χ0v) is 11.5. The molecule has 5 heteroatoms. The molecule has 1 aromatic carbocycles. The Labute approximate surface area is 118 Å². The van der Waals surface area contributed by atoms with Crippen LogP contribution < -0.4 is 0 Å². The van der Waals surface area contributed by atoms with E-state index in [1.165, 1.54) is 7.11 Å². The fourth-order valence-electron chi connectivity index (χ4n) is 2.55. The van der Waals surface area contributed by atoms with Gasteiger partial charge in [0.15, 0.2) is 6.10 Å². The van der Waals surface area contributed by atoms with Crippen LogP contribution in [0.3, 0.4) is 0 Å². The van der Waals surface area contributed by atoms with Crippen LogP contribution in [0.5, 0.6) is 0 Å². The predicted octanol–water partition coefficient (Wildman–Crippen LogP) is 1.70. The first kappa shape index (κ1) is 14.5. The lowest BCUT2D eigenvalue weighted by Gasteiger charge is -2.33. The highest BCUT2D eigenvalue weighted by molar-refractivity contribution is 5.83. The van der Waals surface area contributed by atoms with Crippen LogP contribution in [-0.4, -0.2) is 42.1 Å². The molecule has 2 atom stereocenters. The summed E-state index contributed by atoms with van der Waals surface area (Å²) in [5.41, 5.74) is 0.789. The summed E-state index contributed by atoms with van der Waals surface area (Å²) >= 11 is 0. The Morgan fingerprint density at radius 1 is 1.35 bits per heavy atom. The van der Waals surface area contributed by atoms with Crippen molar-refractivity contribution < 1.29 is 19.4 Å². The number of likely N-dealkylation sites (tertiary alicyclic amines) is 1. The Morgan fingerprint density at radius 3 is 2.65 bits per heavy atom. The maximum Gasteiger partial charge on any atom is 0.308 e. The van der Waals surface area contributed by atoms with Crippen LogP contribution in [0.15, 0.2) is 30.3 Å². The van der Waals surface area contributed by atoms with Gasteiger partial charge in [0.1, 0.15) is 0 Å². The van der Waals surface area contributed by atoms with Gasteiger partial charge in [0, 0.05) is 20.2 Å². The Morgan fingerprint density at radius 2 is 2.05 bits per heavy atom. The minimum absolute atomic E-state index is 0.162. The molecule has 0 spiro atoms. The van der Waals surface area contributed by atoms with Crippen molar-refractivity contribution >= 4 is 11.9 Å². The van der Waals surface area contributed by atoms with Crippen LogP contribution in [-0.2, 0) is 14.3 Å². The van der Waals surface area contributed by atoms with Crippen molar-refractivity contribution in [2.24, 2.45) is 5.92 Å². The van der Waals surface area contributed by atoms with Crippen molar-refractivity contribution in [1.82, 2.24) is 4.90 Å². The van der Waals surface area contributed by atoms with Crippen LogP contribution in [0, 0.1) is 5.92 Å². The number of nitrogens with zero attached hydrogens (tertiary/aromatic N) is 1. The molecule has 108 valence electrons. The van der Waals surface area contributed by atoms with Crippen molar-refractivity contribution in [3.05, 3.63) is 35.9 Å². The average molecular weight is 277 g/mol. The minimum atomic E-state index is -0.837. The number of hydrogen-bond donors (Lipinski definition) is 1. The molecule has 1 N–H and O–H groups in total. The summed E-state index contributed by atoms with van der Waals surface area (Å²) in [4.78, 5) is 25.2. The third kappa shape index (κ3) is 3.17. The molecule has 1 heterocycles. The van der Waals surface area contributed by atoms with Gasteiger partial charge in [-0.15, -0.1) is 0 Å². The summed E-state index contributed by atoms with van der Waals surface area (Å²) < 4.78 is 5.31. The number of carboxylic acids is 1. The van der Waals surface area contributed by atoms with E-state index in [9.17, 15) is 9.59 Å². The highest BCUT2D eigenvalue weighted by atomic mass is 16.5. The normalized spacial score (nSPS) is 20.4. The first-order valence-electron chi connectivity index (χ1n) is 6.73.